The zero-order valence-electron chi connectivity index (χ0n) is 14.7. The number of rotatable bonds is 3. The molecule has 132 valence electrons. The van der Waals surface area contributed by atoms with E-state index in [4.69, 9.17) is 10.5 Å². The van der Waals surface area contributed by atoms with Gasteiger partial charge in [0.15, 0.2) is 5.96 Å². The molecule has 0 aliphatic carbocycles. The van der Waals surface area contributed by atoms with Crippen LogP contribution in [0.2, 0.25) is 0 Å². The summed E-state index contributed by atoms with van der Waals surface area (Å²) in [5.41, 5.74) is 6.18. The molecule has 2 saturated heterocycles. The van der Waals surface area contributed by atoms with Gasteiger partial charge >= 0.3 is 0 Å². The molecule has 1 aromatic rings. The maximum absolute atomic E-state index is 6.21. The van der Waals surface area contributed by atoms with Crippen LogP contribution in [-0.4, -0.2) is 65.8 Å². The third-order valence-corrected chi connectivity index (χ3v) is 4.75. The number of piperazine rings is 1. The van der Waals surface area contributed by atoms with Crippen molar-refractivity contribution in [1.82, 2.24) is 14.9 Å². The highest BCUT2D eigenvalue weighted by atomic mass is 16.5. The van der Waals surface area contributed by atoms with Gasteiger partial charge in [-0.1, -0.05) is 0 Å². The van der Waals surface area contributed by atoms with Gasteiger partial charge in [-0.15, -0.1) is 0 Å². The summed E-state index contributed by atoms with van der Waals surface area (Å²) < 4.78 is 5.77. The summed E-state index contributed by atoms with van der Waals surface area (Å²) in [7, 11) is 0. The second kappa shape index (κ2) is 7.34. The van der Waals surface area contributed by atoms with Crippen LogP contribution in [0.4, 0.5) is 5.95 Å². The van der Waals surface area contributed by atoms with E-state index in [1.54, 1.807) is 12.4 Å². The van der Waals surface area contributed by atoms with Crippen molar-refractivity contribution in [2.24, 2.45) is 16.6 Å². The van der Waals surface area contributed by atoms with Crippen molar-refractivity contribution in [3.8, 4) is 0 Å². The lowest BCUT2D eigenvalue weighted by molar-refractivity contribution is -0.0705. The van der Waals surface area contributed by atoms with Gasteiger partial charge in [0.05, 0.1) is 5.60 Å². The molecule has 3 heterocycles. The quantitative estimate of drug-likeness (QED) is 0.660. The van der Waals surface area contributed by atoms with Crippen LogP contribution in [0.15, 0.2) is 23.5 Å². The minimum absolute atomic E-state index is 0.0332. The molecule has 0 radical (unpaired) electrons. The molecule has 0 saturated carbocycles. The Morgan fingerprint density at radius 1 is 1.29 bits per heavy atom. The van der Waals surface area contributed by atoms with Crippen LogP contribution in [-0.2, 0) is 4.74 Å². The smallest absolute Gasteiger partial charge is 0.225 e. The standard InChI is InChI=1S/C17H28N6O/c1-17(2)12-14(4-11-24-17)13-21-15(18)22-7-9-23(10-8-22)16-19-5-3-6-20-16/h3,5-6,14H,4,7-13H2,1-2H3,(H2,18,21). The van der Waals surface area contributed by atoms with Crippen molar-refractivity contribution < 1.29 is 4.74 Å². The molecular formula is C17H28N6O. The van der Waals surface area contributed by atoms with Gasteiger partial charge in [-0.3, -0.25) is 4.99 Å². The highest BCUT2D eigenvalue weighted by Gasteiger charge is 2.28. The zero-order valence-corrected chi connectivity index (χ0v) is 14.7. The fraction of sp³-hybridized carbons (Fsp3) is 0.706. The average molecular weight is 332 g/mol. The summed E-state index contributed by atoms with van der Waals surface area (Å²) in [5, 5.41) is 0. The summed E-state index contributed by atoms with van der Waals surface area (Å²) in [5.74, 6) is 2.01. The Kier molecular flexibility index (Phi) is 5.18. The van der Waals surface area contributed by atoms with E-state index < -0.39 is 0 Å². The molecule has 2 N–H and O–H groups in total. The third-order valence-electron chi connectivity index (χ3n) is 4.75. The first-order valence-electron chi connectivity index (χ1n) is 8.74. The number of ether oxygens (including phenoxy) is 1. The number of aromatic nitrogens is 2. The van der Waals surface area contributed by atoms with E-state index in [1.807, 2.05) is 6.07 Å². The van der Waals surface area contributed by atoms with Crippen LogP contribution in [0, 0.1) is 5.92 Å². The van der Waals surface area contributed by atoms with E-state index in [1.165, 1.54) is 0 Å². The summed E-state index contributed by atoms with van der Waals surface area (Å²) in [4.78, 5) is 17.6. The van der Waals surface area contributed by atoms with Crippen molar-refractivity contribution in [1.29, 1.82) is 0 Å². The minimum atomic E-state index is -0.0332. The number of aliphatic imine (C=N–C) groups is 1. The number of guanidine groups is 1. The van der Waals surface area contributed by atoms with Crippen LogP contribution < -0.4 is 10.6 Å². The Balaban J connectivity index is 1.49. The van der Waals surface area contributed by atoms with Crippen LogP contribution in [0.1, 0.15) is 26.7 Å². The van der Waals surface area contributed by atoms with E-state index in [-0.39, 0.29) is 5.60 Å². The Bertz CT molecular complexity index is 553. The van der Waals surface area contributed by atoms with Crippen molar-refractivity contribution in [2.45, 2.75) is 32.3 Å². The Morgan fingerprint density at radius 2 is 2.00 bits per heavy atom. The predicted octanol–water partition coefficient (Wildman–Crippen LogP) is 1.12. The van der Waals surface area contributed by atoms with E-state index >= 15 is 0 Å². The molecule has 0 amide bonds. The fourth-order valence-electron chi connectivity index (χ4n) is 3.43. The van der Waals surface area contributed by atoms with E-state index in [2.05, 4.69) is 38.6 Å². The van der Waals surface area contributed by atoms with Gasteiger partial charge in [0, 0.05) is 51.7 Å². The van der Waals surface area contributed by atoms with E-state index in [0.29, 0.717) is 11.9 Å². The number of nitrogens with two attached hydrogens (primary N) is 1. The van der Waals surface area contributed by atoms with E-state index in [9.17, 15) is 0 Å². The number of hydrogen-bond acceptors (Lipinski definition) is 5. The topological polar surface area (TPSA) is 79.9 Å². The van der Waals surface area contributed by atoms with Crippen LogP contribution in [0.3, 0.4) is 0 Å². The highest BCUT2D eigenvalue weighted by molar-refractivity contribution is 5.78. The first-order valence-corrected chi connectivity index (χ1v) is 8.74. The second-order valence-corrected chi connectivity index (χ2v) is 7.19. The van der Waals surface area contributed by atoms with Crippen molar-refractivity contribution in [2.75, 3.05) is 44.2 Å². The zero-order chi connectivity index (χ0) is 17.0. The largest absolute Gasteiger partial charge is 0.376 e. The number of nitrogens with zero attached hydrogens (tertiary/aromatic N) is 5. The van der Waals surface area contributed by atoms with Crippen LogP contribution in [0.5, 0.6) is 0 Å². The van der Waals surface area contributed by atoms with Crippen molar-refractivity contribution >= 4 is 11.9 Å². The Hall–Kier alpha value is -1.89. The van der Waals surface area contributed by atoms with Gasteiger partial charge in [0.1, 0.15) is 0 Å². The van der Waals surface area contributed by atoms with Gasteiger partial charge in [0.2, 0.25) is 5.95 Å². The summed E-state index contributed by atoms with van der Waals surface area (Å²) in [6.45, 7) is 9.35. The third kappa shape index (κ3) is 4.35. The fourth-order valence-corrected chi connectivity index (χ4v) is 3.43. The van der Waals surface area contributed by atoms with Crippen molar-refractivity contribution in [3.63, 3.8) is 0 Å². The van der Waals surface area contributed by atoms with E-state index in [0.717, 1.165) is 58.1 Å². The normalized spacial score (nSPS) is 24.9. The first-order chi connectivity index (χ1) is 11.5. The van der Waals surface area contributed by atoms with Crippen LogP contribution >= 0.6 is 0 Å². The molecule has 0 aromatic carbocycles. The Labute approximate surface area is 143 Å². The van der Waals surface area contributed by atoms with Crippen molar-refractivity contribution in [3.05, 3.63) is 18.5 Å². The maximum Gasteiger partial charge on any atom is 0.225 e. The van der Waals surface area contributed by atoms with Gasteiger partial charge in [-0.25, -0.2) is 9.97 Å². The predicted molar refractivity (Wildman–Crippen MR) is 95.1 cm³/mol. The lowest BCUT2D eigenvalue weighted by Gasteiger charge is -2.36. The molecule has 1 aromatic heterocycles. The van der Waals surface area contributed by atoms with Crippen LogP contribution in [0.25, 0.3) is 0 Å². The molecule has 0 spiro atoms. The molecule has 3 rings (SSSR count). The maximum atomic E-state index is 6.21. The Morgan fingerprint density at radius 3 is 2.67 bits per heavy atom. The average Bonchev–Trinajstić information content (AvgIpc) is 2.60. The molecule has 0 bridgehead atoms. The summed E-state index contributed by atoms with van der Waals surface area (Å²) >= 11 is 0. The second-order valence-electron chi connectivity index (χ2n) is 7.19. The molecular weight excluding hydrogens is 304 g/mol. The van der Waals surface area contributed by atoms with Gasteiger partial charge in [0.25, 0.3) is 0 Å². The monoisotopic (exact) mass is 332 g/mol. The number of hydrogen-bond donors (Lipinski definition) is 1. The molecule has 1 unspecified atom stereocenters. The first kappa shape index (κ1) is 17.0. The SMILES string of the molecule is CC1(C)CC(CN=C(N)N2CCN(c3ncccn3)CC2)CCO1. The highest BCUT2D eigenvalue weighted by Crippen LogP contribution is 2.28. The molecule has 2 aliphatic rings. The molecule has 1 atom stereocenters. The minimum Gasteiger partial charge on any atom is -0.376 e. The van der Waals surface area contributed by atoms with Gasteiger partial charge < -0.3 is 20.3 Å². The molecule has 7 heteroatoms. The molecule has 24 heavy (non-hydrogen) atoms. The number of anilines is 1. The summed E-state index contributed by atoms with van der Waals surface area (Å²) in [6, 6.07) is 1.84. The van der Waals surface area contributed by atoms with Gasteiger partial charge in [-0.2, -0.15) is 0 Å². The lowest BCUT2D eigenvalue weighted by Crippen LogP contribution is -2.51. The van der Waals surface area contributed by atoms with Gasteiger partial charge in [-0.05, 0) is 38.7 Å². The lowest BCUT2D eigenvalue weighted by atomic mass is 9.88. The molecule has 2 fully saturated rings. The summed E-state index contributed by atoms with van der Waals surface area (Å²) in [6.07, 6.45) is 5.67. The molecule has 2 aliphatic heterocycles. The molecule has 7 nitrogen and oxygen atoms in total.